The fraction of sp³-hybridized carbons (Fsp3) is 0.342. The number of hydrogen-bond donors (Lipinski definition) is 3. The molecule has 1 saturated carbocycles. The Morgan fingerprint density at radius 2 is 1.80 bits per heavy atom. The largest absolute Gasteiger partial charge is 0.435 e. The van der Waals surface area contributed by atoms with Crippen molar-refractivity contribution in [2.75, 3.05) is 16.3 Å². The van der Waals surface area contributed by atoms with Crippen LogP contribution in [0.1, 0.15) is 53.5 Å². The number of rotatable bonds is 11. The van der Waals surface area contributed by atoms with Crippen LogP contribution in [0.25, 0.3) is 32.4 Å². The Morgan fingerprint density at radius 3 is 2.44 bits per heavy atom. The average Bonchev–Trinajstić information content (AvgIpc) is 3.36. The molecule has 0 aliphatic heterocycles. The lowest BCUT2D eigenvalue weighted by Gasteiger charge is -2.24. The molecule has 2 unspecified atom stereocenters. The maximum absolute atomic E-state index is 15.6. The van der Waals surface area contributed by atoms with E-state index in [0.29, 0.717) is 48.5 Å². The molecule has 2 aromatic carbocycles. The van der Waals surface area contributed by atoms with Crippen molar-refractivity contribution in [1.82, 2.24) is 34.8 Å². The molecule has 5 atom stereocenters. The Hall–Kier alpha value is -5.75. The molecule has 0 saturated heterocycles. The van der Waals surface area contributed by atoms with Gasteiger partial charge < -0.3 is 10.6 Å². The highest BCUT2D eigenvalue weighted by atomic mass is 32.2. The summed E-state index contributed by atoms with van der Waals surface area (Å²) in [6, 6.07) is 8.26. The number of aryl methyl sites for hydroxylation is 1. The van der Waals surface area contributed by atoms with E-state index in [-0.39, 0.29) is 35.2 Å². The van der Waals surface area contributed by atoms with Gasteiger partial charge in [0.2, 0.25) is 15.9 Å². The standard InChI is InChI=1S/C38H30F7N9O3S2/c1-16-9-25(16)47-36-49-35-27(58-36)14-23(20-5-4-6-22-31(20)53(2)51-34(22)52-59(3,56)57)30(48-35)26(12-17-10-18(39)13-19(40)11-17)46-28(55)15-54-33-29(32(50-54)38(43,44)45)21-7-8-24(21)37(33,41)42/h4-6,10-11,13-14,16,21,24-26H,9,12,15H2,1-3H3,(H,46,55)(H,51,52)(H,47,48,49)/t16?,21-,24+,25?,26-/m0/s1. The molecule has 3 aliphatic rings. The van der Waals surface area contributed by atoms with Gasteiger partial charge in [0.05, 0.1) is 34.1 Å². The molecule has 9 rings (SSSR count). The molecule has 1 amide bonds. The minimum absolute atomic E-state index is 0.0194. The smallest absolute Gasteiger partial charge is 0.358 e. The Balaban J connectivity index is 1.19. The summed E-state index contributed by atoms with van der Waals surface area (Å²) in [5, 5.41) is 14.8. The number of fused-ring (bicyclic) bond motifs is 5. The highest BCUT2D eigenvalue weighted by Crippen LogP contribution is 2.58. The fourth-order valence-corrected chi connectivity index (χ4v) is 9.26. The number of hydrogen-bond acceptors (Lipinski definition) is 9. The lowest BCUT2D eigenvalue weighted by Crippen LogP contribution is -2.36. The third kappa shape index (κ3) is 6.90. The molecular weight excluding hydrogens is 828 g/mol. The van der Waals surface area contributed by atoms with Gasteiger partial charge in [-0.2, -0.15) is 32.1 Å². The number of nitrogens with zero attached hydrogens (tertiary/aromatic N) is 6. The van der Waals surface area contributed by atoms with Crippen molar-refractivity contribution < 1.29 is 43.9 Å². The van der Waals surface area contributed by atoms with Crippen LogP contribution in [0.3, 0.4) is 0 Å². The second-order valence-corrected chi connectivity index (χ2v) is 17.8. The van der Waals surface area contributed by atoms with Gasteiger partial charge in [-0.05, 0) is 48.6 Å². The van der Waals surface area contributed by atoms with Gasteiger partial charge in [0.1, 0.15) is 29.8 Å². The highest BCUT2D eigenvalue weighted by Gasteiger charge is 2.62. The van der Waals surface area contributed by atoms with E-state index in [4.69, 9.17) is 4.98 Å². The summed E-state index contributed by atoms with van der Waals surface area (Å²) >= 11 is 1.29. The summed E-state index contributed by atoms with van der Waals surface area (Å²) in [5.74, 6) is -4.87. The van der Waals surface area contributed by atoms with Crippen LogP contribution in [-0.2, 0) is 46.9 Å². The first-order valence-electron chi connectivity index (χ1n) is 18.1. The van der Waals surface area contributed by atoms with Gasteiger partial charge in [0.15, 0.2) is 22.3 Å². The third-order valence-electron chi connectivity index (χ3n) is 10.6. The molecule has 6 aromatic rings. The molecule has 1 fully saturated rings. The summed E-state index contributed by atoms with van der Waals surface area (Å²) in [5.41, 5.74) is -1.88. The molecule has 59 heavy (non-hydrogen) atoms. The zero-order valence-electron chi connectivity index (χ0n) is 30.9. The number of amides is 1. The van der Waals surface area contributed by atoms with Gasteiger partial charge in [-0.1, -0.05) is 42.2 Å². The summed E-state index contributed by atoms with van der Waals surface area (Å²) in [7, 11) is -2.20. The Morgan fingerprint density at radius 1 is 1.07 bits per heavy atom. The number of carbonyl (C=O) groups excluding carboxylic acids is 1. The van der Waals surface area contributed by atoms with Crippen molar-refractivity contribution in [2.45, 2.75) is 56.4 Å². The third-order valence-corrected chi connectivity index (χ3v) is 12.1. The van der Waals surface area contributed by atoms with E-state index >= 15 is 8.78 Å². The number of halogens is 7. The lowest BCUT2D eigenvalue weighted by molar-refractivity contribution is -0.142. The summed E-state index contributed by atoms with van der Waals surface area (Å²) in [4.78, 5) is 23.6. The Labute approximate surface area is 334 Å². The predicted molar refractivity (Wildman–Crippen MR) is 203 cm³/mol. The zero-order valence-corrected chi connectivity index (χ0v) is 32.6. The second kappa shape index (κ2) is 13.4. The van der Waals surface area contributed by atoms with Crippen LogP contribution in [0, 0.1) is 35.3 Å². The number of thiazole rings is 1. The van der Waals surface area contributed by atoms with Crippen molar-refractivity contribution in [2.24, 2.45) is 18.9 Å². The van der Waals surface area contributed by atoms with Crippen LogP contribution < -0.4 is 15.4 Å². The van der Waals surface area contributed by atoms with E-state index in [1.807, 2.05) is 0 Å². The number of pyridine rings is 1. The van der Waals surface area contributed by atoms with Gasteiger partial charge in [-0.3, -0.25) is 18.9 Å². The SMILES string of the molecule is CC1CC1Nc1nc2nc([C@H](Cc3cc(F)cc(F)c3)NC(=O)Cn3nc(C(F)(F)F)c4c3C(F)(F)[C@@H]3C#C[C@H]43)c(-c3cccc4c(NS(C)(=O)=O)nn(C)c34)cc2s1. The van der Waals surface area contributed by atoms with Crippen LogP contribution in [0.2, 0.25) is 0 Å². The topological polar surface area (TPSA) is 149 Å². The van der Waals surface area contributed by atoms with Crippen molar-refractivity contribution in [1.29, 1.82) is 0 Å². The molecule has 12 nitrogen and oxygen atoms in total. The second-order valence-electron chi connectivity index (χ2n) is 15.0. The van der Waals surface area contributed by atoms with Crippen LogP contribution in [0.5, 0.6) is 0 Å². The molecule has 0 spiro atoms. The van der Waals surface area contributed by atoms with Crippen molar-refractivity contribution >= 4 is 59.5 Å². The molecule has 21 heteroatoms. The summed E-state index contributed by atoms with van der Waals surface area (Å²) < 4.78 is 132. The molecule has 0 radical (unpaired) electrons. The van der Waals surface area contributed by atoms with E-state index in [9.17, 15) is 35.2 Å². The van der Waals surface area contributed by atoms with E-state index in [1.54, 1.807) is 31.3 Å². The maximum Gasteiger partial charge on any atom is 0.435 e. The van der Waals surface area contributed by atoms with Crippen molar-refractivity contribution in [3.63, 3.8) is 0 Å². The molecule has 3 aliphatic carbocycles. The van der Waals surface area contributed by atoms with Crippen molar-refractivity contribution in [3.05, 3.63) is 82.3 Å². The molecular formula is C38H30F7N9O3S2. The minimum atomic E-state index is -5.13. The Bertz CT molecular complexity index is 2910. The first-order valence-corrected chi connectivity index (χ1v) is 20.8. The van der Waals surface area contributed by atoms with Gasteiger partial charge in [-0.15, -0.1) is 0 Å². The molecule has 0 bridgehead atoms. The summed E-state index contributed by atoms with van der Waals surface area (Å²) in [6.07, 6.45) is -3.58. The number of benzene rings is 2. The molecule has 4 aromatic heterocycles. The number of carbonyl (C=O) groups is 1. The van der Waals surface area contributed by atoms with E-state index in [0.717, 1.165) is 24.8 Å². The molecule has 306 valence electrons. The highest BCUT2D eigenvalue weighted by molar-refractivity contribution is 7.92. The maximum atomic E-state index is 15.6. The van der Waals surface area contributed by atoms with Gasteiger partial charge in [0, 0.05) is 41.2 Å². The number of alkyl halides is 5. The van der Waals surface area contributed by atoms with Gasteiger partial charge >= 0.3 is 12.1 Å². The average molecular weight is 858 g/mol. The summed E-state index contributed by atoms with van der Waals surface area (Å²) in [6.45, 7) is 0.977. The monoisotopic (exact) mass is 857 g/mol. The lowest BCUT2D eigenvalue weighted by atomic mass is 9.84. The van der Waals surface area contributed by atoms with Crippen LogP contribution >= 0.6 is 11.3 Å². The van der Waals surface area contributed by atoms with Crippen LogP contribution in [0.15, 0.2) is 42.5 Å². The predicted octanol–water partition coefficient (Wildman–Crippen LogP) is 6.85. The Kier molecular flexibility index (Phi) is 8.79. The number of sulfonamides is 1. The number of nitrogens with one attached hydrogen (secondary N) is 3. The normalized spacial score (nSPS) is 20.7. The minimum Gasteiger partial charge on any atom is -0.358 e. The first kappa shape index (κ1) is 38.8. The van der Waals surface area contributed by atoms with Gasteiger partial charge in [0.25, 0.3) is 0 Å². The quantitative estimate of drug-likeness (QED) is 0.0947. The van der Waals surface area contributed by atoms with Crippen LogP contribution in [-0.4, -0.2) is 56.2 Å². The fourth-order valence-electron chi connectivity index (χ4n) is 7.85. The molecule has 3 N–H and O–H groups in total. The number of anilines is 2. The van der Waals surface area contributed by atoms with Crippen molar-refractivity contribution in [3.8, 4) is 23.0 Å². The van der Waals surface area contributed by atoms with E-state index < -0.39 is 81.0 Å². The zero-order chi connectivity index (χ0) is 41.9. The number of para-hydroxylation sites is 1. The first-order chi connectivity index (χ1) is 27.7. The van der Waals surface area contributed by atoms with Crippen LogP contribution in [0.4, 0.5) is 41.7 Å². The number of aromatic nitrogens is 6. The van der Waals surface area contributed by atoms with E-state index in [1.165, 1.54) is 16.0 Å². The molecule has 4 heterocycles. The van der Waals surface area contributed by atoms with Gasteiger partial charge in [-0.25, -0.2) is 27.2 Å². The van der Waals surface area contributed by atoms with E-state index in [2.05, 4.69) is 49.3 Å².